The van der Waals surface area contributed by atoms with Gasteiger partial charge in [-0.05, 0) is 24.5 Å². The Morgan fingerprint density at radius 3 is 2.60 bits per heavy atom. The molecule has 0 unspecified atom stereocenters. The predicted molar refractivity (Wildman–Crippen MR) is 57.4 cm³/mol. The SMILES string of the molecule is Cc1ccoc1-c1onc(N)c1C(C)C. The quantitative estimate of drug-likeness (QED) is 0.820. The molecule has 0 radical (unpaired) electrons. The van der Waals surface area contributed by atoms with Crippen molar-refractivity contribution in [1.82, 2.24) is 5.16 Å². The summed E-state index contributed by atoms with van der Waals surface area (Å²) < 4.78 is 10.6. The van der Waals surface area contributed by atoms with Crippen LogP contribution in [-0.2, 0) is 0 Å². The molecular formula is C11H14N2O2. The zero-order valence-electron chi connectivity index (χ0n) is 9.07. The molecular weight excluding hydrogens is 192 g/mol. The monoisotopic (exact) mass is 206 g/mol. The first-order valence-electron chi connectivity index (χ1n) is 4.90. The molecule has 2 aromatic heterocycles. The Balaban J connectivity index is 2.59. The molecule has 80 valence electrons. The highest BCUT2D eigenvalue weighted by Gasteiger charge is 2.21. The van der Waals surface area contributed by atoms with Crippen molar-refractivity contribution < 1.29 is 8.94 Å². The van der Waals surface area contributed by atoms with Crippen molar-refractivity contribution in [1.29, 1.82) is 0 Å². The van der Waals surface area contributed by atoms with Gasteiger partial charge in [-0.2, -0.15) is 0 Å². The van der Waals surface area contributed by atoms with Crippen LogP contribution in [0.3, 0.4) is 0 Å². The van der Waals surface area contributed by atoms with Gasteiger partial charge in [-0.3, -0.25) is 0 Å². The lowest BCUT2D eigenvalue weighted by Gasteiger charge is -2.03. The third-order valence-corrected chi connectivity index (χ3v) is 2.40. The zero-order valence-corrected chi connectivity index (χ0v) is 9.07. The number of nitrogens with zero attached hydrogens (tertiary/aromatic N) is 1. The predicted octanol–water partition coefficient (Wildman–Crippen LogP) is 2.95. The van der Waals surface area contributed by atoms with E-state index in [-0.39, 0.29) is 5.92 Å². The fourth-order valence-corrected chi connectivity index (χ4v) is 1.64. The molecule has 2 rings (SSSR count). The van der Waals surface area contributed by atoms with E-state index < -0.39 is 0 Å². The van der Waals surface area contributed by atoms with E-state index in [1.54, 1.807) is 6.26 Å². The van der Waals surface area contributed by atoms with Gasteiger partial charge in [-0.15, -0.1) is 0 Å². The summed E-state index contributed by atoms with van der Waals surface area (Å²) >= 11 is 0. The topological polar surface area (TPSA) is 65.2 Å². The number of aryl methyl sites for hydroxylation is 1. The van der Waals surface area contributed by atoms with Gasteiger partial charge in [-0.1, -0.05) is 19.0 Å². The average molecular weight is 206 g/mol. The third kappa shape index (κ3) is 1.52. The highest BCUT2D eigenvalue weighted by Crippen LogP contribution is 2.35. The summed E-state index contributed by atoms with van der Waals surface area (Å²) in [7, 11) is 0. The molecule has 0 amide bonds. The summed E-state index contributed by atoms with van der Waals surface area (Å²) in [5.74, 6) is 2.06. The van der Waals surface area contributed by atoms with E-state index in [0.29, 0.717) is 17.3 Å². The summed E-state index contributed by atoms with van der Waals surface area (Å²) in [6, 6.07) is 1.89. The number of nitrogens with two attached hydrogens (primary N) is 1. The van der Waals surface area contributed by atoms with Crippen LogP contribution in [0.1, 0.15) is 30.9 Å². The Morgan fingerprint density at radius 1 is 1.33 bits per heavy atom. The molecule has 0 saturated carbocycles. The molecule has 0 saturated heterocycles. The molecule has 0 aliphatic heterocycles. The fraction of sp³-hybridized carbons (Fsp3) is 0.364. The van der Waals surface area contributed by atoms with Gasteiger partial charge in [0.25, 0.3) is 0 Å². The van der Waals surface area contributed by atoms with Crippen molar-refractivity contribution in [3.8, 4) is 11.5 Å². The van der Waals surface area contributed by atoms with Crippen molar-refractivity contribution >= 4 is 5.82 Å². The molecule has 0 aliphatic rings. The van der Waals surface area contributed by atoms with Crippen LogP contribution >= 0.6 is 0 Å². The lowest BCUT2D eigenvalue weighted by Crippen LogP contribution is -1.95. The van der Waals surface area contributed by atoms with Crippen LogP contribution < -0.4 is 5.73 Å². The molecule has 0 fully saturated rings. The first-order valence-corrected chi connectivity index (χ1v) is 4.90. The fourth-order valence-electron chi connectivity index (χ4n) is 1.64. The van der Waals surface area contributed by atoms with Crippen molar-refractivity contribution in [2.24, 2.45) is 0 Å². The van der Waals surface area contributed by atoms with Gasteiger partial charge in [0.05, 0.1) is 6.26 Å². The first kappa shape index (κ1) is 9.83. The minimum atomic E-state index is 0.260. The first-order chi connectivity index (χ1) is 7.11. The molecule has 0 aromatic carbocycles. The van der Waals surface area contributed by atoms with Crippen LogP contribution in [0.25, 0.3) is 11.5 Å². The van der Waals surface area contributed by atoms with Gasteiger partial charge in [0.2, 0.25) is 5.76 Å². The van der Waals surface area contributed by atoms with Crippen molar-refractivity contribution in [3.05, 3.63) is 23.5 Å². The molecule has 15 heavy (non-hydrogen) atoms. The normalized spacial score (nSPS) is 11.2. The minimum Gasteiger partial charge on any atom is -0.461 e. The molecule has 0 aliphatic carbocycles. The van der Waals surface area contributed by atoms with Crippen LogP contribution in [0.2, 0.25) is 0 Å². The summed E-state index contributed by atoms with van der Waals surface area (Å²) in [6.07, 6.45) is 1.63. The van der Waals surface area contributed by atoms with Crippen molar-refractivity contribution in [2.75, 3.05) is 5.73 Å². The Kier molecular flexibility index (Phi) is 2.26. The molecule has 2 N–H and O–H groups in total. The van der Waals surface area contributed by atoms with Crippen LogP contribution in [0.4, 0.5) is 5.82 Å². The molecule has 0 spiro atoms. The Hall–Kier alpha value is -1.71. The maximum Gasteiger partial charge on any atom is 0.207 e. The molecule has 4 heteroatoms. The number of hydrogen-bond acceptors (Lipinski definition) is 4. The minimum absolute atomic E-state index is 0.260. The smallest absolute Gasteiger partial charge is 0.207 e. The van der Waals surface area contributed by atoms with E-state index in [2.05, 4.69) is 5.16 Å². The standard InChI is InChI=1S/C11H14N2O2/c1-6(2)8-10(15-13-11(8)12)9-7(3)4-5-14-9/h4-6H,1-3H3,(H2,12,13). The molecule has 0 bridgehead atoms. The highest BCUT2D eigenvalue weighted by molar-refractivity contribution is 5.65. The highest BCUT2D eigenvalue weighted by atomic mass is 16.5. The van der Waals surface area contributed by atoms with Gasteiger partial charge >= 0.3 is 0 Å². The third-order valence-electron chi connectivity index (χ3n) is 2.40. The Morgan fingerprint density at radius 2 is 2.07 bits per heavy atom. The molecule has 4 nitrogen and oxygen atoms in total. The second-order valence-electron chi connectivity index (χ2n) is 3.90. The van der Waals surface area contributed by atoms with Gasteiger partial charge in [0.1, 0.15) is 0 Å². The molecule has 0 atom stereocenters. The van der Waals surface area contributed by atoms with E-state index >= 15 is 0 Å². The molecule has 2 aromatic rings. The van der Waals surface area contributed by atoms with Gasteiger partial charge in [-0.25, -0.2) is 0 Å². The van der Waals surface area contributed by atoms with Gasteiger partial charge < -0.3 is 14.7 Å². The zero-order chi connectivity index (χ0) is 11.0. The van der Waals surface area contributed by atoms with Crippen molar-refractivity contribution in [3.63, 3.8) is 0 Å². The van der Waals surface area contributed by atoms with E-state index in [1.165, 1.54) is 0 Å². The summed E-state index contributed by atoms with van der Waals surface area (Å²) in [4.78, 5) is 0. The van der Waals surface area contributed by atoms with E-state index in [0.717, 1.165) is 11.1 Å². The van der Waals surface area contributed by atoms with Gasteiger partial charge in [0.15, 0.2) is 11.6 Å². The second-order valence-corrected chi connectivity index (χ2v) is 3.90. The average Bonchev–Trinajstić information content (AvgIpc) is 2.71. The Labute approximate surface area is 88.0 Å². The van der Waals surface area contributed by atoms with Crippen LogP contribution in [-0.4, -0.2) is 5.16 Å². The maximum absolute atomic E-state index is 5.75. The molecule has 2 heterocycles. The summed E-state index contributed by atoms with van der Waals surface area (Å²) in [5.41, 5.74) is 7.68. The van der Waals surface area contributed by atoms with Gasteiger partial charge in [0, 0.05) is 5.56 Å². The Bertz CT molecular complexity index is 469. The summed E-state index contributed by atoms with van der Waals surface area (Å²) in [6.45, 7) is 6.05. The van der Waals surface area contributed by atoms with Crippen LogP contribution in [0.5, 0.6) is 0 Å². The number of hydrogen-bond donors (Lipinski definition) is 1. The maximum atomic E-state index is 5.75. The number of anilines is 1. The second kappa shape index (κ2) is 3.46. The van der Waals surface area contributed by atoms with E-state index in [9.17, 15) is 0 Å². The summed E-state index contributed by atoms with van der Waals surface area (Å²) in [5, 5.41) is 3.78. The number of furan rings is 1. The van der Waals surface area contributed by atoms with Crippen molar-refractivity contribution in [2.45, 2.75) is 26.7 Å². The van der Waals surface area contributed by atoms with E-state index in [1.807, 2.05) is 26.8 Å². The number of rotatable bonds is 2. The van der Waals surface area contributed by atoms with Crippen LogP contribution in [0, 0.1) is 6.92 Å². The van der Waals surface area contributed by atoms with Crippen LogP contribution in [0.15, 0.2) is 21.3 Å². The lowest BCUT2D eigenvalue weighted by molar-refractivity contribution is 0.419. The lowest BCUT2D eigenvalue weighted by atomic mass is 10.0. The number of aromatic nitrogens is 1. The van der Waals surface area contributed by atoms with E-state index in [4.69, 9.17) is 14.7 Å². The number of nitrogen functional groups attached to an aromatic ring is 1. The largest absolute Gasteiger partial charge is 0.461 e.